The molecule has 2 unspecified atom stereocenters. The van der Waals surface area contributed by atoms with Gasteiger partial charge in [0.15, 0.2) is 0 Å². The minimum atomic E-state index is 0.176. The van der Waals surface area contributed by atoms with E-state index >= 15 is 0 Å². The van der Waals surface area contributed by atoms with Crippen LogP contribution in [0.4, 0.5) is 0 Å². The molecule has 1 heterocycles. The highest BCUT2D eigenvalue weighted by Gasteiger charge is 2.29. The molecule has 0 bridgehead atoms. The first-order valence-corrected chi connectivity index (χ1v) is 5.68. The third-order valence-electron chi connectivity index (χ3n) is 2.73. The first-order chi connectivity index (χ1) is 6.83. The second-order valence-corrected chi connectivity index (χ2v) is 4.45. The Labute approximate surface area is 92.6 Å². The van der Waals surface area contributed by atoms with E-state index in [1.165, 1.54) is 5.56 Å². The fourth-order valence-electron chi connectivity index (χ4n) is 1.92. The van der Waals surface area contributed by atoms with Gasteiger partial charge in [-0.1, -0.05) is 34.1 Å². The molecule has 0 aromatic heterocycles. The SMILES string of the molecule is NCC1CCOC1c1ccccc1Br. The summed E-state index contributed by atoms with van der Waals surface area (Å²) in [7, 11) is 0. The van der Waals surface area contributed by atoms with Crippen molar-refractivity contribution in [3.05, 3.63) is 34.3 Å². The molecule has 14 heavy (non-hydrogen) atoms. The molecule has 1 saturated heterocycles. The van der Waals surface area contributed by atoms with Crippen LogP contribution in [0, 0.1) is 5.92 Å². The van der Waals surface area contributed by atoms with Gasteiger partial charge in [0.25, 0.3) is 0 Å². The molecule has 0 amide bonds. The molecule has 1 aromatic rings. The van der Waals surface area contributed by atoms with E-state index in [2.05, 4.69) is 22.0 Å². The van der Waals surface area contributed by atoms with Crippen molar-refractivity contribution in [2.45, 2.75) is 12.5 Å². The van der Waals surface area contributed by atoms with Crippen LogP contribution < -0.4 is 5.73 Å². The maximum absolute atomic E-state index is 5.72. The summed E-state index contributed by atoms with van der Waals surface area (Å²) in [5.74, 6) is 0.466. The fourth-order valence-corrected chi connectivity index (χ4v) is 2.44. The summed E-state index contributed by atoms with van der Waals surface area (Å²) >= 11 is 3.54. The molecule has 2 rings (SSSR count). The zero-order valence-electron chi connectivity index (χ0n) is 7.95. The standard InChI is InChI=1S/C11H14BrNO/c12-10-4-2-1-3-9(10)11-8(7-13)5-6-14-11/h1-4,8,11H,5-7,13H2. The Hall–Kier alpha value is -0.380. The van der Waals surface area contributed by atoms with E-state index in [-0.39, 0.29) is 6.10 Å². The molecule has 2 N–H and O–H groups in total. The second kappa shape index (κ2) is 4.43. The van der Waals surface area contributed by atoms with Gasteiger partial charge >= 0.3 is 0 Å². The summed E-state index contributed by atoms with van der Waals surface area (Å²) in [6.07, 6.45) is 1.25. The van der Waals surface area contributed by atoms with Crippen LogP contribution >= 0.6 is 15.9 Å². The van der Waals surface area contributed by atoms with Crippen LogP contribution in [0.25, 0.3) is 0 Å². The van der Waals surface area contributed by atoms with Gasteiger partial charge in [0.05, 0.1) is 6.10 Å². The minimum Gasteiger partial charge on any atom is -0.373 e. The highest BCUT2D eigenvalue weighted by molar-refractivity contribution is 9.10. The number of benzene rings is 1. The normalized spacial score (nSPS) is 26.7. The van der Waals surface area contributed by atoms with E-state index in [0.29, 0.717) is 12.5 Å². The molecule has 1 fully saturated rings. The lowest BCUT2D eigenvalue weighted by Crippen LogP contribution is -2.18. The Morgan fingerprint density at radius 2 is 2.21 bits per heavy atom. The largest absolute Gasteiger partial charge is 0.373 e. The molecule has 0 radical (unpaired) electrons. The monoisotopic (exact) mass is 255 g/mol. The smallest absolute Gasteiger partial charge is 0.0876 e. The number of hydrogen-bond donors (Lipinski definition) is 1. The highest BCUT2D eigenvalue weighted by Crippen LogP contribution is 2.37. The van der Waals surface area contributed by atoms with Gasteiger partial charge in [0.2, 0.25) is 0 Å². The topological polar surface area (TPSA) is 35.2 Å². The lowest BCUT2D eigenvalue weighted by Gasteiger charge is -2.18. The Bertz CT molecular complexity index is 316. The van der Waals surface area contributed by atoms with Crippen molar-refractivity contribution in [3.63, 3.8) is 0 Å². The Kier molecular flexibility index (Phi) is 3.21. The van der Waals surface area contributed by atoms with Crippen molar-refractivity contribution in [1.29, 1.82) is 0 Å². The zero-order valence-corrected chi connectivity index (χ0v) is 9.53. The van der Waals surface area contributed by atoms with Crippen molar-refractivity contribution in [2.24, 2.45) is 11.7 Å². The average molecular weight is 256 g/mol. The molecule has 0 aliphatic carbocycles. The number of hydrogen-bond acceptors (Lipinski definition) is 2. The number of ether oxygens (including phenoxy) is 1. The predicted molar refractivity (Wildman–Crippen MR) is 60.0 cm³/mol. The maximum Gasteiger partial charge on any atom is 0.0876 e. The Morgan fingerprint density at radius 3 is 2.93 bits per heavy atom. The van der Waals surface area contributed by atoms with Gasteiger partial charge in [-0.25, -0.2) is 0 Å². The Balaban J connectivity index is 2.26. The molecule has 0 spiro atoms. The summed E-state index contributed by atoms with van der Waals surface area (Å²) < 4.78 is 6.83. The van der Waals surface area contributed by atoms with Crippen molar-refractivity contribution in [3.8, 4) is 0 Å². The van der Waals surface area contributed by atoms with Crippen LogP contribution in [0.2, 0.25) is 0 Å². The van der Waals surface area contributed by atoms with E-state index in [1.54, 1.807) is 0 Å². The quantitative estimate of drug-likeness (QED) is 0.882. The van der Waals surface area contributed by atoms with Gasteiger partial charge < -0.3 is 10.5 Å². The molecule has 2 atom stereocenters. The third-order valence-corrected chi connectivity index (χ3v) is 3.45. The van der Waals surface area contributed by atoms with Gasteiger partial charge in [-0.05, 0) is 24.6 Å². The lowest BCUT2D eigenvalue weighted by molar-refractivity contribution is 0.0919. The van der Waals surface area contributed by atoms with Gasteiger partial charge in [-0.2, -0.15) is 0 Å². The average Bonchev–Trinajstić information content (AvgIpc) is 2.66. The van der Waals surface area contributed by atoms with Gasteiger partial charge in [-0.15, -0.1) is 0 Å². The molecular formula is C11H14BrNO. The molecular weight excluding hydrogens is 242 g/mol. The van der Waals surface area contributed by atoms with Gasteiger partial charge in [0.1, 0.15) is 0 Å². The summed E-state index contributed by atoms with van der Waals surface area (Å²) in [5.41, 5.74) is 6.94. The van der Waals surface area contributed by atoms with E-state index in [9.17, 15) is 0 Å². The maximum atomic E-state index is 5.72. The van der Waals surface area contributed by atoms with Crippen molar-refractivity contribution >= 4 is 15.9 Å². The van der Waals surface area contributed by atoms with E-state index in [1.807, 2.05) is 18.2 Å². The van der Waals surface area contributed by atoms with Crippen LogP contribution in [-0.2, 0) is 4.74 Å². The van der Waals surface area contributed by atoms with Crippen molar-refractivity contribution in [2.75, 3.05) is 13.2 Å². The molecule has 2 nitrogen and oxygen atoms in total. The van der Waals surface area contributed by atoms with Crippen LogP contribution in [0.15, 0.2) is 28.7 Å². The summed E-state index contributed by atoms with van der Waals surface area (Å²) in [6.45, 7) is 1.53. The van der Waals surface area contributed by atoms with Crippen LogP contribution in [0.3, 0.4) is 0 Å². The van der Waals surface area contributed by atoms with Crippen molar-refractivity contribution < 1.29 is 4.74 Å². The van der Waals surface area contributed by atoms with E-state index < -0.39 is 0 Å². The highest BCUT2D eigenvalue weighted by atomic mass is 79.9. The van der Waals surface area contributed by atoms with E-state index in [0.717, 1.165) is 17.5 Å². The van der Waals surface area contributed by atoms with Crippen LogP contribution in [0.5, 0.6) is 0 Å². The summed E-state index contributed by atoms with van der Waals surface area (Å²) in [5, 5.41) is 0. The molecule has 1 aromatic carbocycles. The molecule has 1 aliphatic rings. The van der Waals surface area contributed by atoms with E-state index in [4.69, 9.17) is 10.5 Å². The van der Waals surface area contributed by atoms with Gasteiger partial charge in [-0.3, -0.25) is 0 Å². The summed E-state index contributed by atoms with van der Waals surface area (Å²) in [6, 6.07) is 8.20. The molecule has 76 valence electrons. The molecule has 0 saturated carbocycles. The summed E-state index contributed by atoms with van der Waals surface area (Å²) in [4.78, 5) is 0. The first-order valence-electron chi connectivity index (χ1n) is 4.89. The molecule has 3 heteroatoms. The number of rotatable bonds is 2. The van der Waals surface area contributed by atoms with Crippen molar-refractivity contribution in [1.82, 2.24) is 0 Å². The van der Waals surface area contributed by atoms with Crippen LogP contribution in [0.1, 0.15) is 18.1 Å². The molecule has 1 aliphatic heterocycles. The fraction of sp³-hybridized carbons (Fsp3) is 0.455. The first kappa shape index (κ1) is 10.1. The number of nitrogens with two attached hydrogens (primary N) is 1. The second-order valence-electron chi connectivity index (χ2n) is 3.60. The Morgan fingerprint density at radius 1 is 1.43 bits per heavy atom. The van der Waals surface area contributed by atoms with Crippen LogP contribution in [-0.4, -0.2) is 13.2 Å². The predicted octanol–water partition coefficient (Wildman–Crippen LogP) is 2.49. The third kappa shape index (κ3) is 1.85. The minimum absolute atomic E-state index is 0.176. The zero-order chi connectivity index (χ0) is 9.97. The van der Waals surface area contributed by atoms with Gasteiger partial charge in [0, 0.05) is 17.0 Å². The number of halogens is 1. The lowest BCUT2D eigenvalue weighted by atomic mass is 9.96.